The highest BCUT2D eigenvalue weighted by Crippen LogP contribution is 2.39. The standard InChI is InChI=1S/C17H36N2O/c1-6-10-18-16-8-9-17(2,3)13-15(16)14-19(4)11-7-12-20-5/h15-16,18H,6-14H2,1-5H3. The average molecular weight is 284 g/mol. The van der Waals surface area contributed by atoms with E-state index in [4.69, 9.17) is 4.74 Å². The summed E-state index contributed by atoms with van der Waals surface area (Å²) < 4.78 is 5.15. The fourth-order valence-electron chi connectivity index (χ4n) is 3.50. The summed E-state index contributed by atoms with van der Waals surface area (Å²) in [7, 11) is 4.04. The molecule has 1 aliphatic carbocycles. The minimum atomic E-state index is 0.516. The number of nitrogens with one attached hydrogen (secondary N) is 1. The fraction of sp³-hybridized carbons (Fsp3) is 1.00. The Hall–Kier alpha value is -0.120. The topological polar surface area (TPSA) is 24.5 Å². The van der Waals surface area contributed by atoms with Crippen molar-refractivity contribution in [2.75, 3.05) is 40.4 Å². The number of nitrogens with zero attached hydrogens (tertiary/aromatic N) is 1. The molecular weight excluding hydrogens is 248 g/mol. The Kier molecular flexibility index (Phi) is 8.08. The van der Waals surface area contributed by atoms with Crippen molar-refractivity contribution < 1.29 is 4.74 Å². The molecule has 2 unspecified atom stereocenters. The summed E-state index contributed by atoms with van der Waals surface area (Å²) in [6.07, 6.45) is 6.41. The molecule has 0 bridgehead atoms. The summed E-state index contributed by atoms with van der Waals surface area (Å²) in [4.78, 5) is 2.49. The highest BCUT2D eigenvalue weighted by molar-refractivity contribution is 4.90. The normalized spacial score (nSPS) is 26.1. The van der Waals surface area contributed by atoms with Gasteiger partial charge in [-0.3, -0.25) is 0 Å². The molecule has 3 nitrogen and oxygen atoms in total. The van der Waals surface area contributed by atoms with Gasteiger partial charge in [0.05, 0.1) is 0 Å². The first kappa shape index (κ1) is 17.9. The molecule has 0 radical (unpaired) electrons. The predicted octanol–water partition coefficient (Wildman–Crippen LogP) is 3.15. The first-order valence-electron chi connectivity index (χ1n) is 8.39. The van der Waals surface area contributed by atoms with Crippen molar-refractivity contribution in [1.29, 1.82) is 0 Å². The first-order chi connectivity index (χ1) is 9.48. The van der Waals surface area contributed by atoms with Gasteiger partial charge in [-0.1, -0.05) is 20.8 Å². The van der Waals surface area contributed by atoms with Gasteiger partial charge in [0.15, 0.2) is 0 Å². The second-order valence-corrected chi connectivity index (χ2v) is 7.34. The molecule has 0 aromatic carbocycles. The molecule has 20 heavy (non-hydrogen) atoms. The van der Waals surface area contributed by atoms with Crippen LogP contribution in [0.4, 0.5) is 0 Å². The van der Waals surface area contributed by atoms with Crippen LogP contribution in [0.3, 0.4) is 0 Å². The Morgan fingerprint density at radius 2 is 2.10 bits per heavy atom. The Balaban J connectivity index is 2.46. The lowest BCUT2D eigenvalue weighted by Crippen LogP contribution is -2.47. The minimum Gasteiger partial charge on any atom is -0.385 e. The van der Waals surface area contributed by atoms with Crippen molar-refractivity contribution in [1.82, 2.24) is 10.2 Å². The third-order valence-electron chi connectivity index (χ3n) is 4.61. The van der Waals surface area contributed by atoms with Gasteiger partial charge in [-0.05, 0) is 57.0 Å². The van der Waals surface area contributed by atoms with Crippen molar-refractivity contribution in [2.24, 2.45) is 11.3 Å². The van der Waals surface area contributed by atoms with Crippen LogP contribution in [0.25, 0.3) is 0 Å². The smallest absolute Gasteiger partial charge is 0.0474 e. The van der Waals surface area contributed by atoms with Gasteiger partial charge in [-0.15, -0.1) is 0 Å². The quantitative estimate of drug-likeness (QED) is 0.658. The molecule has 3 heteroatoms. The third kappa shape index (κ3) is 6.55. The minimum absolute atomic E-state index is 0.516. The second-order valence-electron chi connectivity index (χ2n) is 7.34. The summed E-state index contributed by atoms with van der Waals surface area (Å²) in [6.45, 7) is 11.5. The van der Waals surface area contributed by atoms with E-state index in [0.717, 1.165) is 32.0 Å². The van der Waals surface area contributed by atoms with Gasteiger partial charge < -0.3 is 15.0 Å². The van der Waals surface area contributed by atoms with Crippen LogP contribution in [0.2, 0.25) is 0 Å². The van der Waals surface area contributed by atoms with Crippen molar-refractivity contribution in [3.8, 4) is 0 Å². The van der Waals surface area contributed by atoms with Crippen molar-refractivity contribution in [3.05, 3.63) is 0 Å². The lowest BCUT2D eigenvalue weighted by atomic mass is 9.69. The van der Waals surface area contributed by atoms with Crippen molar-refractivity contribution in [3.63, 3.8) is 0 Å². The van der Waals surface area contributed by atoms with Gasteiger partial charge in [0.2, 0.25) is 0 Å². The van der Waals surface area contributed by atoms with E-state index in [-0.39, 0.29) is 0 Å². The first-order valence-corrected chi connectivity index (χ1v) is 8.39. The van der Waals surface area contributed by atoms with Crippen LogP contribution in [0.15, 0.2) is 0 Å². The van der Waals surface area contributed by atoms with E-state index in [1.165, 1.54) is 32.2 Å². The molecule has 1 rings (SSSR count). The van der Waals surface area contributed by atoms with E-state index in [1.54, 1.807) is 7.11 Å². The van der Waals surface area contributed by atoms with E-state index >= 15 is 0 Å². The SMILES string of the molecule is CCCNC1CCC(C)(C)CC1CN(C)CCCOC. The monoisotopic (exact) mass is 284 g/mol. The molecule has 0 aromatic rings. The maximum absolute atomic E-state index is 5.15. The van der Waals surface area contributed by atoms with Crippen LogP contribution in [0.1, 0.15) is 52.9 Å². The Bertz CT molecular complexity index is 255. The van der Waals surface area contributed by atoms with Crippen LogP contribution in [-0.4, -0.2) is 51.3 Å². The van der Waals surface area contributed by atoms with E-state index in [9.17, 15) is 0 Å². The van der Waals surface area contributed by atoms with Crippen molar-refractivity contribution in [2.45, 2.75) is 58.9 Å². The van der Waals surface area contributed by atoms with Crippen LogP contribution >= 0.6 is 0 Å². The van der Waals surface area contributed by atoms with Gasteiger partial charge in [0.25, 0.3) is 0 Å². The van der Waals surface area contributed by atoms with Gasteiger partial charge in [0, 0.05) is 32.8 Å². The lowest BCUT2D eigenvalue weighted by molar-refractivity contribution is 0.104. The highest BCUT2D eigenvalue weighted by atomic mass is 16.5. The molecule has 2 atom stereocenters. The molecule has 0 aromatic heterocycles. The summed E-state index contributed by atoms with van der Waals surface area (Å²) in [5.41, 5.74) is 0.516. The van der Waals surface area contributed by atoms with E-state index in [2.05, 4.69) is 38.0 Å². The van der Waals surface area contributed by atoms with Crippen molar-refractivity contribution >= 4 is 0 Å². The zero-order valence-electron chi connectivity index (χ0n) is 14.4. The van der Waals surface area contributed by atoms with E-state index in [1.807, 2.05) is 0 Å². The predicted molar refractivity (Wildman–Crippen MR) is 87.2 cm³/mol. The van der Waals surface area contributed by atoms with E-state index in [0.29, 0.717) is 11.5 Å². The van der Waals surface area contributed by atoms with Gasteiger partial charge in [-0.25, -0.2) is 0 Å². The van der Waals surface area contributed by atoms with Gasteiger partial charge in [-0.2, -0.15) is 0 Å². The Morgan fingerprint density at radius 1 is 1.35 bits per heavy atom. The summed E-state index contributed by atoms with van der Waals surface area (Å²) in [5, 5.41) is 3.78. The summed E-state index contributed by atoms with van der Waals surface area (Å²) in [6, 6.07) is 0.716. The van der Waals surface area contributed by atoms with Crippen LogP contribution < -0.4 is 5.32 Å². The number of ether oxygens (including phenoxy) is 1. The second kappa shape index (κ2) is 9.01. The van der Waals surface area contributed by atoms with E-state index < -0.39 is 0 Å². The molecule has 120 valence electrons. The number of hydrogen-bond acceptors (Lipinski definition) is 3. The fourth-order valence-corrected chi connectivity index (χ4v) is 3.50. The maximum atomic E-state index is 5.15. The third-order valence-corrected chi connectivity index (χ3v) is 4.61. The number of methoxy groups -OCH3 is 1. The molecule has 0 heterocycles. The summed E-state index contributed by atoms with van der Waals surface area (Å²) >= 11 is 0. The molecule has 1 saturated carbocycles. The van der Waals surface area contributed by atoms with Gasteiger partial charge in [0.1, 0.15) is 0 Å². The van der Waals surface area contributed by atoms with Gasteiger partial charge >= 0.3 is 0 Å². The molecule has 1 aliphatic rings. The molecular formula is C17H36N2O. The zero-order valence-corrected chi connectivity index (χ0v) is 14.4. The molecule has 1 fully saturated rings. The largest absolute Gasteiger partial charge is 0.385 e. The average Bonchev–Trinajstić information content (AvgIpc) is 2.37. The molecule has 0 amide bonds. The number of rotatable bonds is 9. The molecule has 0 saturated heterocycles. The highest BCUT2D eigenvalue weighted by Gasteiger charge is 2.34. The summed E-state index contributed by atoms with van der Waals surface area (Å²) in [5.74, 6) is 0.790. The Labute approximate surface area is 126 Å². The number of hydrogen-bond donors (Lipinski definition) is 1. The zero-order chi connectivity index (χ0) is 15.0. The lowest BCUT2D eigenvalue weighted by Gasteiger charge is -2.42. The molecule has 0 aliphatic heterocycles. The van der Waals surface area contributed by atoms with Crippen LogP contribution in [0.5, 0.6) is 0 Å². The van der Waals surface area contributed by atoms with Crippen LogP contribution in [-0.2, 0) is 4.74 Å². The maximum Gasteiger partial charge on any atom is 0.0474 e. The molecule has 1 N–H and O–H groups in total. The Morgan fingerprint density at radius 3 is 2.75 bits per heavy atom. The molecule has 0 spiro atoms. The van der Waals surface area contributed by atoms with Crippen LogP contribution in [0, 0.1) is 11.3 Å².